The van der Waals surface area contributed by atoms with E-state index in [9.17, 15) is 9.59 Å². The minimum absolute atomic E-state index is 0.0231. The third kappa shape index (κ3) is 3.19. The van der Waals surface area contributed by atoms with Gasteiger partial charge in [-0.15, -0.1) is 0 Å². The lowest BCUT2D eigenvalue weighted by atomic mass is 10.1. The van der Waals surface area contributed by atoms with Crippen LogP contribution < -0.4 is 10.6 Å². The molecule has 4 rings (SSSR count). The van der Waals surface area contributed by atoms with Crippen molar-refractivity contribution >= 4 is 34.9 Å². The number of anilines is 2. The van der Waals surface area contributed by atoms with Crippen molar-refractivity contribution in [1.29, 1.82) is 0 Å². The number of fused-ring (bicyclic) bond motifs is 1. The third-order valence-corrected chi connectivity index (χ3v) is 4.38. The molecule has 0 aliphatic carbocycles. The van der Waals surface area contributed by atoms with Crippen LogP contribution in [0.3, 0.4) is 0 Å². The minimum Gasteiger partial charge on any atom is -0.324 e. The van der Waals surface area contributed by atoms with E-state index in [2.05, 4.69) is 15.7 Å². The Balaban J connectivity index is 1.65. The van der Waals surface area contributed by atoms with Gasteiger partial charge in [0.1, 0.15) is 11.9 Å². The van der Waals surface area contributed by atoms with Crippen LogP contribution in [-0.2, 0) is 9.59 Å². The zero-order valence-corrected chi connectivity index (χ0v) is 14.4. The summed E-state index contributed by atoms with van der Waals surface area (Å²) in [5, 5.41) is 10.6. The molecule has 0 radical (unpaired) electrons. The van der Waals surface area contributed by atoms with Crippen LogP contribution in [0.1, 0.15) is 12.5 Å². The molecular weight excluding hydrogens is 352 g/mol. The summed E-state index contributed by atoms with van der Waals surface area (Å²) in [5.41, 5.74) is 2.19. The Labute approximate surface area is 154 Å². The lowest BCUT2D eigenvalue weighted by Gasteiger charge is -2.23. The van der Waals surface area contributed by atoms with Crippen molar-refractivity contribution in [3.8, 4) is 11.3 Å². The van der Waals surface area contributed by atoms with Crippen LogP contribution in [0, 0.1) is 0 Å². The number of nitrogens with zero attached hydrogens (tertiary/aromatic N) is 2. The van der Waals surface area contributed by atoms with Gasteiger partial charge in [-0.25, -0.2) is 4.68 Å². The first-order chi connectivity index (χ1) is 12.6. The smallest absolute Gasteiger partial charge is 0.249 e. The van der Waals surface area contributed by atoms with Gasteiger partial charge in [0, 0.05) is 22.3 Å². The van der Waals surface area contributed by atoms with Crippen molar-refractivity contribution in [1.82, 2.24) is 9.78 Å². The van der Waals surface area contributed by atoms with Crippen molar-refractivity contribution in [3.05, 3.63) is 65.7 Å². The molecule has 1 aliphatic rings. The molecule has 26 heavy (non-hydrogen) atoms. The summed E-state index contributed by atoms with van der Waals surface area (Å²) in [6.45, 7) is 0. The molecule has 1 atom stereocenters. The second-order valence-electron chi connectivity index (χ2n) is 5.99. The second-order valence-corrected chi connectivity index (χ2v) is 6.43. The number of nitrogens with one attached hydrogen (secondary N) is 2. The Morgan fingerprint density at radius 2 is 1.96 bits per heavy atom. The van der Waals surface area contributed by atoms with Gasteiger partial charge >= 0.3 is 0 Å². The summed E-state index contributed by atoms with van der Waals surface area (Å²) >= 11 is 5.96. The molecule has 130 valence electrons. The van der Waals surface area contributed by atoms with E-state index in [1.807, 2.05) is 30.3 Å². The zero-order valence-electron chi connectivity index (χ0n) is 13.6. The number of hydrogen-bond donors (Lipinski definition) is 2. The third-order valence-electron chi connectivity index (χ3n) is 4.14. The summed E-state index contributed by atoms with van der Waals surface area (Å²) in [6, 6.07) is 17.5. The average Bonchev–Trinajstić information content (AvgIpc) is 3.05. The highest BCUT2D eigenvalue weighted by molar-refractivity contribution is 6.30. The van der Waals surface area contributed by atoms with Gasteiger partial charge in [0.25, 0.3) is 0 Å². The topological polar surface area (TPSA) is 76.0 Å². The highest BCUT2D eigenvalue weighted by atomic mass is 35.5. The van der Waals surface area contributed by atoms with Crippen LogP contribution in [0.5, 0.6) is 0 Å². The maximum Gasteiger partial charge on any atom is 0.249 e. The quantitative estimate of drug-likeness (QED) is 0.741. The molecule has 2 aromatic carbocycles. The van der Waals surface area contributed by atoms with Crippen molar-refractivity contribution in [3.63, 3.8) is 0 Å². The molecule has 2 heterocycles. The maximum atomic E-state index is 12.7. The molecular formula is C19H15ClN4O2. The largest absolute Gasteiger partial charge is 0.324 e. The lowest BCUT2D eigenvalue weighted by molar-refractivity contribution is -0.125. The Morgan fingerprint density at radius 3 is 2.73 bits per heavy atom. The molecule has 1 aliphatic heterocycles. The van der Waals surface area contributed by atoms with Crippen LogP contribution in [0.4, 0.5) is 11.5 Å². The first kappa shape index (κ1) is 16.4. The van der Waals surface area contributed by atoms with E-state index in [-0.39, 0.29) is 18.2 Å². The number of halogens is 1. The van der Waals surface area contributed by atoms with Crippen LogP contribution in [0.15, 0.2) is 60.7 Å². The van der Waals surface area contributed by atoms with Gasteiger partial charge in [-0.05, 0) is 18.2 Å². The van der Waals surface area contributed by atoms with Gasteiger partial charge < -0.3 is 10.6 Å². The van der Waals surface area contributed by atoms with Crippen molar-refractivity contribution in [2.45, 2.75) is 12.5 Å². The highest BCUT2D eigenvalue weighted by Crippen LogP contribution is 2.30. The standard InChI is InChI=1S/C19H15ClN4O2/c20-13-7-4-8-14(9-13)21-19(26)16-11-18(25)22-17-10-15(23-24(16)17)12-5-2-1-3-6-12/h1-10,16H,11H2,(H,21,26)(H,22,25)/t16-/m1/s1. The molecule has 0 fully saturated rings. The SMILES string of the molecule is O=C1C[C@H](C(=O)Nc2cccc(Cl)c2)n2nc(-c3ccccc3)cc2N1. The van der Waals surface area contributed by atoms with E-state index in [0.717, 1.165) is 5.56 Å². The molecule has 1 aromatic heterocycles. The van der Waals surface area contributed by atoms with Crippen LogP contribution >= 0.6 is 11.6 Å². The monoisotopic (exact) mass is 366 g/mol. The first-order valence-corrected chi connectivity index (χ1v) is 8.49. The van der Waals surface area contributed by atoms with Gasteiger partial charge in [-0.3, -0.25) is 9.59 Å². The number of carbonyl (C=O) groups excluding carboxylic acids is 2. The minimum atomic E-state index is -0.727. The molecule has 0 saturated carbocycles. The summed E-state index contributed by atoms with van der Waals surface area (Å²) in [5.74, 6) is -0.0271. The Morgan fingerprint density at radius 1 is 1.15 bits per heavy atom. The molecule has 0 unspecified atom stereocenters. The summed E-state index contributed by atoms with van der Waals surface area (Å²) in [7, 11) is 0. The van der Waals surface area contributed by atoms with Crippen LogP contribution in [-0.4, -0.2) is 21.6 Å². The molecule has 6 nitrogen and oxygen atoms in total. The number of rotatable bonds is 3. The fourth-order valence-corrected chi connectivity index (χ4v) is 3.12. The van der Waals surface area contributed by atoms with Gasteiger partial charge in [-0.2, -0.15) is 5.10 Å². The van der Waals surface area contributed by atoms with E-state index in [1.165, 1.54) is 0 Å². The molecule has 7 heteroatoms. The highest BCUT2D eigenvalue weighted by Gasteiger charge is 2.32. The van der Waals surface area contributed by atoms with Crippen molar-refractivity contribution in [2.75, 3.05) is 10.6 Å². The van der Waals surface area contributed by atoms with E-state index >= 15 is 0 Å². The number of aromatic nitrogens is 2. The zero-order chi connectivity index (χ0) is 18.1. The van der Waals surface area contributed by atoms with Gasteiger partial charge in [0.05, 0.1) is 12.1 Å². The van der Waals surface area contributed by atoms with Crippen molar-refractivity contribution < 1.29 is 9.59 Å². The summed E-state index contributed by atoms with van der Waals surface area (Å²) in [4.78, 5) is 24.8. The molecule has 0 saturated heterocycles. The number of benzene rings is 2. The first-order valence-electron chi connectivity index (χ1n) is 8.11. The van der Waals surface area contributed by atoms with Crippen molar-refractivity contribution in [2.24, 2.45) is 0 Å². The molecule has 2 amide bonds. The number of amides is 2. The molecule has 2 N–H and O–H groups in total. The van der Waals surface area contributed by atoms with E-state index in [0.29, 0.717) is 22.2 Å². The predicted molar refractivity (Wildman–Crippen MR) is 100 cm³/mol. The Hall–Kier alpha value is -3.12. The fourth-order valence-electron chi connectivity index (χ4n) is 2.93. The summed E-state index contributed by atoms with van der Waals surface area (Å²) in [6.07, 6.45) is 0.0231. The number of hydrogen-bond acceptors (Lipinski definition) is 3. The molecule has 0 bridgehead atoms. The van der Waals surface area contributed by atoms with Gasteiger partial charge in [0.2, 0.25) is 11.8 Å². The van der Waals surface area contributed by atoms with E-state index in [4.69, 9.17) is 11.6 Å². The lowest BCUT2D eigenvalue weighted by Crippen LogP contribution is -2.35. The van der Waals surface area contributed by atoms with Gasteiger partial charge in [0.15, 0.2) is 0 Å². The average molecular weight is 367 g/mol. The fraction of sp³-hybridized carbons (Fsp3) is 0.105. The Bertz CT molecular complexity index is 984. The molecule has 0 spiro atoms. The molecule has 3 aromatic rings. The predicted octanol–water partition coefficient (Wildman–Crippen LogP) is 3.73. The normalized spacial score (nSPS) is 15.9. The van der Waals surface area contributed by atoms with Crippen LogP contribution in [0.2, 0.25) is 5.02 Å². The number of carbonyl (C=O) groups is 2. The summed E-state index contributed by atoms with van der Waals surface area (Å²) < 4.78 is 1.56. The van der Waals surface area contributed by atoms with Crippen LogP contribution in [0.25, 0.3) is 11.3 Å². The van der Waals surface area contributed by atoms with E-state index < -0.39 is 6.04 Å². The van der Waals surface area contributed by atoms with Gasteiger partial charge in [-0.1, -0.05) is 48.0 Å². The second kappa shape index (κ2) is 6.65. The van der Waals surface area contributed by atoms with E-state index in [1.54, 1.807) is 35.0 Å². The Kier molecular flexibility index (Phi) is 4.18. The maximum absolute atomic E-state index is 12.7.